The molecule has 2 rings (SSSR count). The van der Waals surface area contributed by atoms with Gasteiger partial charge in [-0.15, -0.1) is 0 Å². The quantitative estimate of drug-likeness (QED) is 0.738. The van der Waals surface area contributed by atoms with Crippen molar-refractivity contribution in [1.29, 1.82) is 0 Å². The predicted octanol–water partition coefficient (Wildman–Crippen LogP) is 4.20. The van der Waals surface area contributed by atoms with Crippen LogP contribution in [0.2, 0.25) is 0 Å². The van der Waals surface area contributed by atoms with Crippen molar-refractivity contribution in [3.8, 4) is 5.75 Å². The van der Waals surface area contributed by atoms with Crippen molar-refractivity contribution in [1.82, 2.24) is 0 Å². The summed E-state index contributed by atoms with van der Waals surface area (Å²) in [4.78, 5) is 0. The lowest BCUT2D eigenvalue weighted by Crippen LogP contribution is -2.26. The van der Waals surface area contributed by atoms with Crippen LogP contribution in [-0.4, -0.2) is 24.4 Å². The number of rotatable bonds is 6. The molecule has 0 amide bonds. The lowest BCUT2D eigenvalue weighted by molar-refractivity contribution is 0.117. The highest BCUT2D eigenvalue weighted by molar-refractivity contribution is 9.10. The summed E-state index contributed by atoms with van der Waals surface area (Å²) in [6, 6.07) is 11.7. The van der Waals surface area contributed by atoms with Crippen LogP contribution >= 0.6 is 31.9 Å². The first-order valence-corrected chi connectivity index (χ1v) is 7.88. The predicted molar refractivity (Wildman–Crippen MR) is 88.2 cm³/mol. The molecule has 0 aliphatic carbocycles. The molecule has 0 fully saturated rings. The molecule has 0 saturated heterocycles. The monoisotopic (exact) mass is 417 g/mol. The molecule has 0 heterocycles. The van der Waals surface area contributed by atoms with E-state index in [-0.39, 0.29) is 19.0 Å². The molecule has 1 unspecified atom stereocenters. The van der Waals surface area contributed by atoms with Crippen molar-refractivity contribution >= 4 is 37.5 Å². The van der Waals surface area contributed by atoms with E-state index in [0.29, 0.717) is 11.4 Å². The fourth-order valence-electron chi connectivity index (χ4n) is 1.64. The summed E-state index contributed by atoms with van der Waals surface area (Å²) in [7, 11) is 0. The number of benzene rings is 2. The first-order valence-electron chi connectivity index (χ1n) is 6.30. The molecule has 21 heavy (non-hydrogen) atoms. The second-order valence-corrected chi connectivity index (χ2v) is 6.19. The molecule has 0 spiro atoms. The summed E-state index contributed by atoms with van der Waals surface area (Å²) in [6.07, 6.45) is -0.705. The molecule has 0 aromatic heterocycles. The molecule has 0 bridgehead atoms. The Balaban J connectivity index is 1.80. The van der Waals surface area contributed by atoms with Crippen molar-refractivity contribution < 1.29 is 14.2 Å². The van der Waals surface area contributed by atoms with Crippen molar-refractivity contribution in [3.05, 3.63) is 57.2 Å². The van der Waals surface area contributed by atoms with Gasteiger partial charge in [0, 0.05) is 15.5 Å². The number of hydrogen-bond donors (Lipinski definition) is 2. The molecule has 3 nitrogen and oxygen atoms in total. The van der Waals surface area contributed by atoms with E-state index in [0.717, 1.165) is 8.95 Å². The lowest BCUT2D eigenvalue weighted by Gasteiger charge is -2.15. The van der Waals surface area contributed by atoms with Crippen LogP contribution in [0.5, 0.6) is 5.75 Å². The van der Waals surface area contributed by atoms with Gasteiger partial charge in [-0.3, -0.25) is 0 Å². The van der Waals surface area contributed by atoms with Crippen LogP contribution in [0, 0.1) is 5.82 Å². The Morgan fingerprint density at radius 3 is 2.57 bits per heavy atom. The molecular weight excluding hydrogens is 405 g/mol. The highest BCUT2D eigenvalue weighted by Crippen LogP contribution is 2.23. The van der Waals surface area contributed by atoms with Gasteiger partial charge in [-0.2, -0.15) is 0 Å². The summed E-state index contributed by atoms with van der Waals surface area (Å²) in [5.74, 6) is 0.352. The first-order chi connectivity index (χ1) is 10.0. The van der Waals surface area contributed by atoms with Crippen molar-refractivity contribution in [2.75, 3.05) is 18.5 Å². The molecule has 2 aromatic rings. The van der Waals surface area contributed by atoms with E-state index >= 15 is 0 Å². The highest BCUT2D eigenvalue weighted by Gasteiger charge is 2.07. The van der Waals surface area contributed by atoms with Gasteiger partial charge >= 0.3 is 0 Å². The van der Waals surface area contributed by atoms with Gasteiger partial charge in [0.05, 0.1) is 5.69 Å². The van der Waals surface area contributed by atoms with Gasteiger partial charge < -0.3 is 15.2 Å². The number of ether oxygens (including phenoxy) is 1. The molecule has 112 valence electrons. The van der Waals surface area contributed by atoms with E-state index < -0.39 is 6.10 Å². The highest BCUT2D eigenvalue weighted by atomic mass is 79.9. The second kappa shape index (κ2) is 7.77. The lowest BCUT2D eigenvalue weighted by atomic mass is 10.3. The van der Waals surface area contributed by atoms with Crippen molar-refractivity contribution in [2.24, 2.45) is 0 Å². The Labute approximate surface area is 139 Å². The van der Waals surface area contributed by atoms with Crippen LogP contribution in [0.25, 0.3) is 0 Å². The summed E-state index contributed by atoms with van der Waals surface area (Å²) < 4.78 is 20.3. The van der Waals surface area contributed by atoms with E-state index in [4.69, 9.17) is 4.74 Å². The minimum Gasteiger partial charge on any atom is -0.491 e. The summed E-state index contributed by atoms with van der Waals surface area (Å²) >= 11 is 6.66. The zero-order valence-electron chi connectivity index (χ0n) is 11.0. The van der Waals surface area contributed by atoms with Crippen LogP contribution in [0.15, 0.2) is 51.4 Å². The van der Waals surface area contributed by atoms with Crippen molar-refractivity contribution in [2.45, 2.75) is 6.10 Å². The summed E-state index contributed by atoms with van der Waals surface area (Å²) in [6.45, 7) is 0.417. The van der Waals surface area contributed by atoms with Crippen LogP contribution in [0.4, 0.5) is 10.1 Å². The maximum absolute atomic E-state index is 13.1. The number of hydrogen-bond acceptors (Lipinski definition) is 3. The SMILES string of the molecule is OC(CNc1cc(F)ccc1Br)COc1ccc(Br)cc1. The fourth-order valence-corrected chi connectivity index (χ4v) is 2.29. The molecule has 0 saturated carbocycles. The maximum atomic E-state index is 13.1. The van der Waals surface area contributed by atoms with Gasteiger partial charge in [-0.05, 0) is 58.4 Å². The van der Waals surface area contributed by atoms with Gasteiger partial charge in [-0.25, -0.2) is 4.39 Å². The molecule has 2 N–H and O–H groups in total. The smallest absolute Gasteiger partial charge is 0.125 e. The third kappa shape index (κ3) is 5.30. The van der Waals surface area contributed by atoms with Gasteiger partial charge in [0.2, 0.25) is 0 Å². The Morgan fingerprint density at radius 1 is 1.14 bits per heavy atom. The Kier molecular flexibility index (Phi) is 6.02. The Hall–Kier alpha value is -1.11. The fraction of sp³-hybridized carbons (Fsp3) is 0.200. The molecule has 0 aliphatic heterocycles. The van der Waals surface area contributed by atoms with E-state index in [1.807, 2.05) is 24.3 Å². The molecule has 6 heteroatoms. The molecule has 1 atom stereocenters. The van der Waals surface area contributed by atoms with Gasteiger partial charge in [0.1, 0.15) is 24.3 Å². The topological polar surface area (TPSA) is 41.5 Å². The van der Waals surface area contributed by atoms with E-state index in [9.17, 15) is 9.50 Å². The minimum atomic E-state index is -0.705. The second-order valence-electron chi connectivity index (χ2n) is 4.42. The standard InChI is InChI=1S/C15H14Br2FNO2/c16-10-1-4-13(5-2-10)21-9-12(20)8-19-15-7-11(18)3-6-14(15)17/h1-7,12,19-20H,8-9H2. The largest absolute Gasteiger partial charge is 0.491 e. The molecule has 0 aliphatic rings. The average molecular weight is 419 g/mol. The molecule has 0 radical (unpaired) electrons. The van der Waals surface area contributed by atoms with E-state index in [1.165, 1.54) is 12.1 Å². The number of aliphatic hydroxyl groups is 1. The van der Waals surface area contributed by atoms with Crippen LogP contribution in [0.3, 0.4) is 0 Å². The third-order valence-electron chi connectivity index (χ3n) is 2.71. The van der Waals surface area contributed by atoms with Crippen LogP contribution in [-0.2, 0) is 0 Å². The Bertz CT molecular complexity index is 593. The summed E-state index contributed by atoms with van der Waals surface area (Å²) in [5.41, 5.74) is 0.595. The first kappa shape index (κ1) is 16.3. The van der Waals surface area contributed by atoms with Gasteiger partial charge in [0.25, 0.3) is 0 Å². The number of nitrogens with one attached hydrogen (secondary N) is 1. The zero-order chi connectivity index (χ0) is 15.2. The van der Waals surface area contributed by atoms with Gasteiger partial charge in [0.15, 0.2) is 0 Å². The molecule has 2 aromatic carbocycles. The Morgan fingerprint density at radius 2 is 1.86 bits per heavy atom. The average Bonchev–Trinajstić information content (AvgIpc) is 2.47. The summed E-state index contributed by atoms with van der Waals surface area (Å²) in [5, 5.41) is 12.9. The van der Waals surface area contributed by atoms with E-state index in [1.54, 1.807) is 6.07 Å². The third-order valence-corrected chi connectivity index (χ3v) is 3.93. The maximum Gasteiger partial charge on any atom is 0.125 e. The minimum absolute atomic E-state index is 0.154. The van der Waals surface area contributed by atoms with Gasteiger partial charge in [-0.1, -0.05) is 15.9 Å². The van der Waals surface area contributed by atoms with Crippen molar-refractivity contribution in [3.63, 3.8) is 0 Å². The van der Waals surface area contributed by atoms with Crippen LogP contribution < -0.4 is 10.1 Å². The normalized spacial score (nSPS) is 12.0. The number of aliphatic hydroxyl groups excluding tert-OH is 1. The number of anilines is 1. The molecular formula is C15H14Br2FNO2. The van der Waals surface area contributed by atoms with E-state index in [2.05, 4.69) is 37.2 Å². The number of halogens is 3. The van der Waals surface area contributed by atoms with Crippen LogP contribution in [0.1, 0.15) is 0 Å². The zero-order valence-corrected chi connectivity index (χ0v) is 14.2.